The number of carbonyl (C=O) groups excluding carboxylic acids is 1. The third kappa shape index (κ3) is 5.18. The lowest BCUT2D eigenvalue weighted by molar-refractivity contribution is -0.116. The topological polar surface area (TPSA) is 92.6 Å². The number of sulfonamides is 1. The summed E-state index contributed by atoms with van der Waals surface area (Å²) >= 11 is 0. The van der Waals surface area contributed by atoms with Crippen molar-refractivity contribution in [3.05, 3.63) is 72.1 Å². The van der Waals surface area contributed by atoms with E-state index in [0.29, 0.717) is 5.69 Å². The monoisotopic (exact) mass is 384 g/mol. The summed E-state index contributed by atoms with van der Waals surface area (Å²) in [6, 6.07) is 12.8. The van der Waals surface area contributed by atoms with E-state index in [9.17, 15) is 13.2 Å². The predicted molar refractivity (Wildman–Crippen MR) is 106 cm³/mol. The van der Waals surface area contributed by atoms with Crippen molar-refractivity contribution in [3.8, 4) is 0 Å². The quantitative estimate of drug-likeness (QED) is 0.611. The summed E-state index contributed by atoms with van der Waals surface area (Å²) < 4.78 is 28.5. The van der Waals surface area contributed by atoms with Crippen molar-refractivity contribution in [1.82, 2.24) is 14.9 Å². The molecular weight excluding hydrogens is 364 g/mol. The van der Waals surface area contributed by atoms with Crippen LogP contribution in [0.4, 0.5) is 5.69 Å². The standard InChI is InChI=1S/C19H20N4O3S/c1-15-4-2-3-5-16(15)6-7-19(24)20-11-13-27(25,26)22-17-9-12-23-18(14-17)8-10-21-23/h2-10,12,14,22H,11,13H2,1H3,(H,20,24). The second-order valence-corrected chi connectivity index (χ2v) is 7.86. The zero-order chi connectivity index (χ0) is 19.3. The largest absolute Gasteiger partial charge is 0.351 e. The van der Waals surface area contributed by atoms with Crippen LogP contribution < -0.4 is 10.0 Å². The Labute approximate surface area is 157 Å². The molecule has 140 valence electrons. The number of nitrogens with one attached hydrogen (secondary N) is 2. The number of pyridine rings is 1. The number of hydrogen-bond donors (Lipinski definition) is 2. The fourth-order valence-electron chi connectivity index (χ4n) is 2.52. The third-order valence-electron chi connectivity index (χ3n) is 3.95. The first kappa shape index (κ1) is 18.7. The van der Waals surface area contributed by atoms with E-state index in [1.807, 2.05) is 31.2 Å². The number of fused-ring (bicyclic) bond motifs is 1. The van der Waals surface area contributed by atoms with Crippen LogP contribution in [0, 0.1) is 6.92 Å². The van der Waals surface area contributed by atoms with Crippen LogP contribution in [0.2, 0.25) is 0 Å². The summed E-state index contributed by atoms with van der Waals surface area (Å²) in [5, 5.41) is 6.64. The minimum atomic E-state index is -3.57. The lowest BCUT2D eigenvalue weighted by Crippen LogP contribution is -2.30. The molecule has 0 spiro atoms. The second kappa shape index (κ2) is 8.05. The van der Waals surface area contributed by atoms with E-state index in [2.05, 4.69) is 15.1 Å². The third-order valence-corrected chi connectivity index (χ3v) is 5.23. The lowest BCUT2D eigenvalue weighted by Gasteiger charge is -2.08. The van der Waals surface area contributed by atoms with E-state index < -0.39 is 10.0 Å². The number of carbonyl (C=O) groups is 1. The number of anilines is 1. The molecule has 0 unspecified atom stereocenters. The summed E-state index contributed by atoms with van der Waals surface area (Å²) in [6.07, 6.45) is 6.41. The van der Waals surface area contributed by atoms with Crippen LogP contribution in [0.15, 0.2) is 60.9 Å². The first-order chi connectivity index (χ1) is 12.9. The fraction of sp³-hybridized carbons (Fsp3) is 0.158. The molecule has 0 aliphatic heterocycles. The number of benzene rings is 1. The summed E-state index contributed by atoms with van der Waals surface area (Å²) in [5.41, 5.74) is 3.24. The highest BCUT2D eigenvalue weighted by atomic mass is 32.2. The Morgan fingerprint density at radius 3 is 2.85 bits per heavy atom. The molecule has 0 saturated heterocycles. The number of nitrogens with zero attached hydrogens (tertiary/aromatic N) is 2. The van der Waals surface area contributed by atoms with Crippen molar-refractivity contribution in [1.29, 1.82) is 0 Å². The Balaban J connectivity index is 1.51. The summed E-state index contributed by atoms with van der Waals surface area (Å²) in [5.74, 6) is -0.560. The molecule has 3 rings (SSSR count). The van der Waals surface area contributed by atoms with Gasteiger partial charge in [0.2, 0.25) is 15.9 Å². The van der Waals surface area contributed by atoms with Gasteiger partial charge in [0.25, 0.3) is 0 Å². The minimum Gasteiger partial charge on any atom is -0.351 e. The lowest BCUT2D eigenvalue weighted by atomic mass is 10.1. The molecule has 2 N–H and O–H groups in total. The minimum absolute atomic E-state index is 0.0151. The second-order valence-electron chi connectivity index (χ2n) is 6.02. The van der Waals surface area contributed by atoms with Gasteiger partial charge < -0.3 is 5.32 Å². The van der Waals surface area contributed by atoms with Crippen LogP contribution in [0.25, 0.3) is 11.6 Å². The maximum Gasteiger partial charge on any atom is 0.244 e. The number of aryl methyl sites for hydroxylation is 1. The number of rotatable bonds is 7. The van der Waals surface area contributed by atoms with E-state index in [0.717, 1.165) is 16.6 Å². The maximum atomic E-state index is 12.2. The van der Waals surface area contributed by atoms with E-state index >= 15 is 0 Å². The van der Waals surface area contributed by atoms with Crippen LogP contribution >= 0.6 is 0 Å². The average Bonchev–Trinajstić information content (AvgIpc) is 3.08. The van der Waals surface area contributed by atoms with Gasteiger partial charge in [0.1, 0.15) is 0 Å². The van der Waals surface area contributed by atoms with Crippen molar-refractivity contribution < 1.29 is 13.2 Å². The van der Waals surface area contributed by atoms with Crippen LogP contribution in [0.5, 0.6) is 0 Å². The predicted octanol–water partition coefficient (Wildman–Crippen LogP) is 2.21. The van der Waals surface area contributed by atoms with Gasteiger partial charge in [-0.2, -0.15) is 5.10 Å². The molecule has 3 aromatic rings. The molecule has 0 fully saturated rings. The van der Waals surface area contributed by atoms with Gasteiger partial charge in [-0.1, -0.05) is 24.3 Å². The Morgan fingerprint density at radius 2 is 2.04 bits per heavy atom. The van der Waals surface area contributed by atoms with Gasteiger partial charge in [0, 0.05) is 25.0 Å². The van der Waals surface area contributed by atoms with Crippen LogP contribution in [-0.2, 0) is 14.8 Å². The SMILES string of the molecule is Cc1ccccc1C=CC(=O)NCCS(=O)(=O)Nc1ccn2nccc2c1. The molecule has 0 aliphatic rings. The summed E-state index contributed by atoms with van der Waals surface area (Å²) in [4.78, 5) is 11.9. The van der Waals surface area contributed by atoms with Crippen molar-refractivity contribution >= 4 is 33.2 Å². The molecule has 0 bridgehead atoms. The van der Waals surface area contributed by atoms with Gasteiger partial charge >= 0.3 is 0 Å². The molecule has 0 atom stereocenters. The highest BCUT2D eigenvalue weighted by molar-refractivity contribution is 7.92. The first-order valence-corrected chi connectivity index (χ1v) is 10.0. The van der Waals surface area contributed by atoms with Crippen LogP contribution in [0.1, 0.15) is 11.1 Å². The van der Waals surface area contributed by atoms with Crippen molar-refractivity contribution in [2.75, 3.05) is 17.0 Å². The Kier molecular flexibility index (Phi) is 5.56. The number of hydrogen-bond acceptors (Lipinski definition) is 4. The van der Waals surface area contributed by atoms with Gasteiger partial charge in [0.15, 0.2) is 0 Å². The van der Waals surface area contributed by atoms with Gasteiger partial charge in [-0.3, -0.25) is 9.52 Å². The molecule has 27 heavy (non-hydrogen) atoms. The summed E-state index contributed by atoms with van der Waals surface area (Å²) in [6.45, 7) is 1.97. The highest BCUT2D eigenvalue weighted by Crippen LogP contribution is 2.13. The summed E-state index contributed by atoms with van der Waals surface area (Å²) in [7, 11) is -3.57. The fourth-order valence-corrected chi connectivity index (χ4v) is 3.48. The maximum absolute atomic E-state index is 12.2. The molecule has 1 aromatic carbocycles. The highest BCUT2D eigenvalue weighted by Gasteiger charge is 2.11. The normalized spacial score (nSPS) is 11.7. The van der Waals surface area contributed by atoms with Gasteiger partial charge in [0.05, 0.1) is 17.0 Å². The molecule has 0 saturated carbocycles. The molecule has 0 aliphatic carbocycles. The molecule has 8 heteroatoms. The Hall–Kier alpha value is -3.13. The van der Waals surface area contributed by atoms with E-state index in [4.69, 9.17) is 0 Å². The molecule has 2 aromatic heterocycles. The zero-order valence-corrected chi connectivity index (χ0v) is 15.6. The molecule has 1 amide bonds. The van der Waals surface area contributed by atoms with Crippen molar-refractivity contribution in [2.24, 2.45) is 0 Å². The van der Waals surface area contributed by atoms with Gasteiger partial charge in [-0.05, 0) is 42.3 Å². The molecule has 2 heterocycles. The number of amides is 1. The number of aromatic nitrogens is 2. The zero-order valence-electron chi connectivity index (χ0n) is 14.8. The first-order valence-electron chi connectivity index (χ1n) is 8.38. The van der Waals surface area contributed by atoms with Crippen LogP contribution in [0.3, 0.4) is 0 Å². The van der Waals surface area contributed by atoms with Gasteiger partial charge in [-0.25, -0.2) is 12.9 Å². The van der Waals surface area contributed by atoms with E-state index in [1.54, 1.807) is 41.2 Å². The molecular formula is C19H20N4O3S. The van der Waals surface area contributed by atoms with Crippen LogP contribution in [-0.4, -0.2) is 36.2 Å². The molecule has 7 nitrogen and oxygen atoms in total. The van der Waals surface area contributed by atoms with Gasteiger partial charge in [-0.15, -0.1) is 0 Å². The average molecular weight is 384 g/mol. The Bertz CT molecular complexity index is 1090. The molecule has 0 radical (unpaired) electrons. The Morgan fingerprint density at radius 1 is 1.22 bits per heavy atom. The van der Waals surface area contributed by atoms with E-state index in [-0.39, 0.29) is 18.2 Å². The van der Waals surface area contributed by atoms with E-state index in [1.165, 1.54) is 6.08 Å². The smallest absolute Gasteiger partial charge is 0.244 e. The van der Waals surface area contributed by atoms with Crippen molar-refractivity contribution in [2.45, 2.75) is 6.92 Å². The van der Waals surface area contributed by atoms with Crippen molar-refractivity contribution in [3.63, 3.8) is 0 Å².